The highest BCUT2D eigenvalue weighted by molar-refractivity contribution is 5.78. The Morgan fingerprint density at radius 2 is 2.05 bits per heavy atom. The molecule has 0 aliphatic rings. The molecule has 0 aliphatic carbocycles. The van der Waals surface area contributed by atoms with Crippen LogP contribution in [0.3, 0.4) is 0 Å². The second-order valence-electron chi connectivity index (χ2n) is 4.86. The summed E-state index contributed by atoms with van der Waals surface area (Å²) in [4.78, 5) is 4.63. The molecule has 0 saturated heterocycles. The summed E-state index contributed by atoms with van der Waals surface area (Å²) in [5.74, 6) is 0.928. The topological polar surface area (TPSA) is 51.5 Å². The van der Waals surface area contributed by atoms with Crippen molar-refractivity contribution in [2.75, 3.05) is 25.6 Å². The van der Waals surface area contributed by atoms with E-state index in [2.05, 4.69) is 27.5 Å². The molecule has 0 saturated carbocycles. The predicted octanol–water partition coefficient (Wildman–Crippen LogP) is 2.76. The van der Waals surface area contributed by atoms with E-state index in [9.17, 15) is 0 Å². The van der Waals surface area contributed by atoms with Gasteiger partial charge in [-0.2, -0.15) is 9.61 Å². The van der Waals surface area contributed by atoms with Gasteiger partial charge < -0.3 is 10.1 Å². The molecular weight excluding hydrogens is 264 g/mol. The zero-order valence-corrected chi connectivity index (χ0v) is 12.2. The van der Waals surface area contributed by atoms with Crippen LogP contribution in [0.1, 0.15) is 5.69 Å². The van der Waals surface area contributed by atoms with Gasteiger partial charge in [-0.25, -0.2) is 4.98 Å². The van der Waals surface area contributed by atoms with Gasteiger partial charge >= 0.3 is 0 Å². The zero-order chi connectivity index (χ0) is 14.7. The van der Waals surface area contributed by atoms with Gasteiger partial charge in [-0.3, -0.25) is 0 Å². The number of ether oxygens (including phenoxy) is 1. The second-order valence-corrected chi connectivity index (χ2v) is 4.86. The first-order valence-electron chi connectivity index (χ1n) is 6.93. The van der Waals surface area contributed by atoms with Crippen LogP contribution < -0.4 is 5.32 Å². The zero-order valence-electron chi connectivity index (χ0n) is 12.2. The number of fused-ring (bicyclic) bond motifs is 1. The van der Waals surface area contributed by atoms with Gasteiger partial charge in [-0.1, -0.05) is 30.3 Å². The minimum Gasteiger partial charge on any atom is -0.383 e. The van der Waals surface area contributed by atoms with Crippen LogP contribution in [0.15, 0.2) is 42.6 Å². The van der Waals surface area contributed by atoms with Crippen molar-refractivity contribution in [3.05, 3.63) is 48.3 Å². The average molecular weight is 282 g/mol. The highest BCUT2D eigenvalue weighted by Gasteiger charge is 2.11. The number of aromatic nitrogens is 3. The van der Waals surface area contributed by atoms with Crippen LogP contribution in [-0.2, 0) is 4.74 Å². The standard InChI is InChI=1S/C16H18N4O/c1-12-10-15(17-8-9-21-2)20-16(19-12)14(11-18-20)13-6-4-3-5-7-13/h3-7,10-11,17H,8-9H2,1-2H3. The average Bonchev–Trinajstić information content (AvgIpc) is 2.92. The molecule has 0 radical (unpaired) electrons. The Kier molecular flexibility index (Phi) is 3.83. The summed E-state index contributed by atoms with van der Waals surface area (Å²) in [7, 11) is 1.69. The third-order valence-corrected chi connectivity index (χ3v) is 3.30. The number of hydrogen-bond acceptors (Lipinski definition) is 4. The molecule has 0 aliphatic heterocycles. The van der Waals surface area contributed by atoms with Crippen molar-refractivity contribution >= 4 is 11.5 Å². The van der Waals surface area contributed by atoms with Gasteiger partial charge in [-0.05, 0) is 12.5 Å². The third-order valence-electron chi connectivity index (χ3n) is 3.30. The smallest absolute Gasteiger partial charge is 0.165 e. The van der Waals surface area contributed by atoms with Gasteiger partial charge in [0.2, 0.25) is 0 Å². The SMILES string of the molecule is COCCNc1cc(C)nc2c(-c3ccccc3)cnn12. The Bertz CT molecular complexity index is 737. The fourth-order valence-corrected chi connectivity index (χ4v) is 2.31. The van der Waals surface area contributed by atoms with Crippen molar-refractivity contribution in [1.82, 2.24) is 14.6 Å². The molecule has 0 bridgehead atoms. The van der Waals surface area contributed by atoms with Crippen molar-refractivity contribution in [2.45, 2.75) is 6.92 Å². The van der Waals surface area contributed by atoms with E-state index in [1.54, 1.807) is 7.11 Å². The van der Waals surface area contributed by atoms with Crippen molar-refractivity contribution in [2.24, 2.45) is 0 Å². The lowest BCUT2D eigenvalue weighted by Crippen LogP contribution is -2.11. The fraction of sp³-hybridized carbons (Fsp3) is 0.250. The summed E-state index contributed by atoms with van der Waals surface area (Å²) in [6, 6.07) is 12.2. The molecule has 3 aromatic rings. The molecule has 1 N–H and O–H groups in total. The highest BCUT2D eigenvalue weighted by atomic mass is 16.5. The molecule has 5 nitrogen and oxygen atoms in total. The number of benzene rings is 1. The summed E-state index contributed by atoms with van der Waals surface area (Å²) in [5.41, 5.74) is 3.98. The van der Waals surface area contributed by atoms with Crippen LogP contribution in [0.4, 0.5) is 5.82 Å². The number of anilines is 1. The second kappa shape index (κ2) is 5.93. The quantitative estimate of drug-likeness (QED) is 0.731. The van der Waals surface area contributed by atoms with E-state index >= 15 is 0 Å². The van der Waals surface area contributed by atoms with Crippen molar-refractivity contribution < 1.29 is 4.74 Å². The first-order valence-corrected chi connectivity index (χ1v) is 6.93. The Balaban J connectivity index is 2.05. The summed E-state index contributed by atoms with van der Waals surface area (Å²) in [6.07, 6.45) is 1.86. The van der Waals surface area contributed by atoms with Crippen molar-refractivity contribution in [3.63, 3.8) is 0 Å². The van der Waals surface area contributed by atoms with Gasteiger partial charge in [0.15, 0.2) is 5.65 Å². The van der Waals surface area contributed by atoms with Crippen molar-refractivity contribution in [1.29, 1.82) is 0 Å². The molecule has 0 amide bonds. The van der Waals surface area contributed by atoms with Crippen molar-refractivity contribution in [3.8, 4) is 11.1 Å². The molecule has 3 rings (SSSR count). The molecule has 108 valence electrons. The largest absolute Gasteiger partial charge is 0.383 e. The first kappa shape index (κ1) is 13.6. The highest BCUT2D eigenvalue weighted by Crippen LogP contribution is 2.25. The van der Waals surface area contributed by atoms with E-state index < -0.39 is 0 Å². The summed E-state index contributed by atoms with van der Waals surface area (Å²) in [5, 5.41) is 7.80. The van der Waals surface area contributed by atoms with E-state index in [0.717, 1.165) is 34.8 Å². The maximum absolute atomic E-state index is 5.07. The molecule has 0 spiro atoms. The molecule has 0 fully saturated rings. The van der Waals surface area contributed by atoms with Crippen LogP contribution in [0.2, 0.25) is 0 Å². The molecule has 2 heterocycles. The molecule has 5 heteroatoms. The van der Waals surface area contributed by atoms with Crippen LogP contribution in [-0.4, -0.2) is 34.9 Å². The Morgan fingerprint density at radius 1 is 1.24 bits per heavy atom. The Hall–Kier alpha value is -2.40. The van der Waals surface area contributed by atoms with Crippen LogP contribution in [0.5, 0.6) is 0 Å². The first-order chi connectivity index (χ1) is 10.3. The molecule has 2 aromatic heterocycles. The van der Waals surface area contributed by atoms with E-state index in [1.807, 2.05) is 41.9 Å². The maximum atomic E-state index is 5.07. The predicted molar refractivity (Wildman–Crippen MR) is 83.5 cm³/mol. The number of rotatable bonds is 5. The lowest BCUT2D eigenvalue weighted by atomic mass is 10.1. The number of nitrogens with one attached hydrogen (secondary N) is 1. The number of methoxy groups -OCH3 is 1. The van der Waals surface area contributed by atoms with Gasteiger partial charge in [0.25, 0.3) is 0 Å². The molecule has 0 atom stereocenters. The fourth-order valence-electron chi connectivity index (χ4n) is 2.31. The summed E-state index contributed by atoms with van der Waals surface area (Å²) in [6.45, 7) is 3.37. The van der Waals surface area contributed by atoms with E-state index in [1.165, 1.54) is 0 Å². The maximum Gasteiger partial charge on any atom is 0.165 e. The van der Waals surface area contributed by atoms with Gasteiger partial charge in [0.1, 0.15) is 5.82 Å². The molecular formula is C16H18N4O. The van der Waals surface area contributed by atoms with Gasteiger partial charge in [0.05, 0.1) is 12.8 Å². The minimum atomic E-state index is 0.648. The van der Waals surface area contributed by atoms with Crippen LogP contribution in [0, 0.1) is 6.92 Å². The van der Waals surface area contributed by atoms with Gasteiger partial charge in [-0.15, -0.1) is 0 Å². The Labute approximate surface area is 123 Å². The summed E-state index contributed by atoms with van der Waals surface area (Å²) < 4.78 is 6.91. The minimum absolute atomic E-state index is 0.648. The van der Waals surface area contributed by atoms with Crippen LogP contribution >= 0.6 is 0 Å². The number of hydrogen-bond donors (Lipinski definition) is 1. The molecule has 0 unspecified atom stereocenters. The number of nitrogens with zero attached hydrogens (tertiary/aromatic N) is 3. The number of aryl methyl sites for hydroxylation is 1. The van der Waals surface area contributed by atoms with E-state index in [-0.39, 0.29) is 0 Å². The molecule has 21 heavy (non-hydrogen) atoms. The van der Waals surface area contributed by atoms with Crippen LogP contribution in [0.25, 0.3) is 16.8 Å². The monoisotopic (exact) mass is 282 g/mol. The normalized spacial score (nSPS) is 11.0. The lowest BCUT2D eigenvalue weighted by Gasteiger charge is -2.09. The van der Waals surface area contributed by atoms with Gasteiger partial charge in [0, 0.05) is 31.0 Å². The summed E-state index contributed by atoms with van der Waals surface area (Å²) >= 11 is 0. The lowest BCUT2D eigenvalue weighted by molar-refractivity contribution is 0.210. The molecule has 1 aromatic carbocycles. The Morgan fingerprint density at radius 3 is 2.81 bits per heavy atom. The van der Waals surface area contributed by atoms with E-state index in [0.29, 0.717) is 6.61 Å². The van der Waals surface area contributed by atoms with E-state index in [4.69, 9.17) is 4.74 Å². The third kappa shape index (κ3) is 2.73.